The van der Waals surface area contributed by atoms with Crippen molar-refractivity contribution in [2.24, 2.45) is 51.6 Å². The molecule has 4 rings (SSSR count). The van der Waals surface area contributed by atoms with E-state index < -0.39 is 0 Å². The molecule has 0 aromatic rings. The minimum absolute atomic E-state index is 0.00308. The molecule has 4 amide bonds. The van der Waals surface area contributed by atoms with Crippen LogP contribution < -0.4 is 5.73 Å². The van der Waals surface area contributed by atoms with Crippen molar-refractivity contribution in [3.8, 4) is 0 Å². The van der Waals surface area contributed by atoms with Crippen LogP contribution in [0.3, 0.4) is 0 Å². The van der Waals surface area contributed by atoms with E-state index in [2.05, 4.69) is 68.9 Å². The summed E-state index contributed by atoms with van der Waals surface area (Å²) >= 11 is 0. The molecule has 43 heavy (non-hydrogen) atoms. The number of carbonyl (C=O) groups excluding carboxylic acids is 2. The zero-order valence-electron chi connectivity index (χ0n) is 29.4. The molecule has 4 fully saturated rings. The third kappa shape index (κ3) is 7.82. The maximum Gasteiger partial charge on any atom is 0.333 e. The number of hydrogen-bond acceptors (Lipinski definition) is 3. The lowest BCUT2D eigenvalue weighted by Gasteiger charge is -2.53. The molecular weight excluding hydrogens is 532 g/mol. The van der Waals surface area contributed by atoms with Gasteiger partial charge in [0.25, 0.3) is 0 Å². The monoisotopic (exact) mass is 599 g/mol. The third-order valence-corrected chi connectivity index (χ3v) is 12.0. The van der Waals surface area contributed by atoms with Gasteiger partial charge in [-0.1, -0.05) is 81.2 Å². The number of carbonyl (C=O) groups is 2. The highest BCUT2D eigenvalue weighted by molar-refractivity contribution is 5.98. The van der Waals surface area contributed by atoms with Gasteiger partial charge in [-0.05, 0) is 111 Å². The van der Waals surface area contributed by atoms with Gasteiger partial charge >= 0.3 is 12.1 Å². The van der Waals surface area contributed by atoms with Crippen LogP contribution in [0.25, 0.3) is 0 Å². The van der Waals surface area contributed by atoms with Crippen LogP contribution in [0, 0.1) is 45.8 Å². The summed E-state index contributed by atoms with van der Waals surface area (Å²) in [7, 11) is 0. The van der Waals surface area contributed by atoms with Gasteiger partial charge in [-0.25, -0.2) is 14.5 Å². The first kappa shape index (κ1) is 34.3. The summed E-state index contributed by atoms with van der Waals surface area (Å²) in [5.74, 6) is 3.73. The molecule has 0 aromatic carbocycles. The summed E-state index contributed by atoms with van der Waals surface area (Å²) in [6.45, 7) is 26.9. The van der Waals surface area contributed by atoms with Crippen molar-refractivity contribution in [1.29, 1.82) is 0 Å². The van der Waals surface area contributed by atoms with Crippen LogP contribution in [-0.4, -0.2) is 51.9 Å². The first-order valence-corrected chi connectivity index (χ1v) is 17.8. The molecule has 1 saturated heterocycles. The number of amides is 4. The lowest BCUT2D eigenvalue weighted by molar-refractivity contribution is 0.0179. The molecule has 0 aromatic heterocycles. The van der Waals surface area contributed by atoms with Gasteiger partial charge in [-0.15, -0.1) is 0 Å². The normalized spacial score (nSPS) is 43.0. The Labute approximate surface area is 264 Å². The largest absolute Gasteiger partial charge is 0.333 e. The highest BCUT2D eigenvalue weighted by Crippen LogP contribution is 2.49. The van der Waals surface area contributed by atoms with Gasteiger partial charge in [0.1, 0.15) is 5.82 Å². The predicted octanol–water partition coefficient (Wildman–Crippen LogP) is 9.26. The Bertz CT molecular complexity index is 984. The number of rotatable bonds is 9. The fourth-order valence-corrected chi connectivity index (χ4v) is 10.9. The molecule has 3 saturated carbocycles. The molecule has 2 N–H and O–H groups in total. The fourth-order valence-electron chi connectivity index (χ4n) is 10.9. The molecule has 6 nitrogen and oxygen atoms in total. The van der Waals surface area contributed by atoms with Crippen LogP contribution >= 0.6 is 0 Å². The molecule has 9 unspecified atom stereocenters. The average Bonchev–Trinajstić information content (AvgIpc) is 2.89. The second-order valence-corrected chi connectivity index (χ2v) is 17.7. The van der Waals surface area contributed by atoms with Gasteiger partial charge in [-0.3, -0.25) is 9.80 Å². The zero-order chi connectivity index (χ0) is 32.0. The molecule has 3 aliphatic carbocycles. The van der Waals surface area contributed by atoms with Crippen molar-refractivity contribution < 1.29 is 9.59 Å². The van der Waals surface area contributed by atoms with E-state index in [0.717, 1.165) is 51.4 Å². The summed E-state index contributed by atoms with van der Waals surface area (Å²) in [5.41, 5.74) is 6.31. The molecular formula is C37H66N4O2. The van der Waals surface area contributed by atoms with Gasteiger partial charge < -0.3 is 5.73 Å². The van der Waals surface area contributed by atoms with Gasteiger partial charge in [-0.2, -0.15) is 0 Å². The smallest absolute Gasteiger partial charge is 0.325 e. The van der Waals surface area contributed by atoms with E-state index in [4.69, 9.17) is 5.73 Å². The van der Waals surface area contributed by atoms with Crippen LogP contribution in [-0.2, 0) is 0 Å². The summed E-state index contributed by atoms with van der Waals surface area (Å²) < 4.78 is 0. The second kappa shape index (κ2) is 12.7. The Balaban J connectivity index is 1.67. The molecule has 1 heterocycles. The van der Waals surface area contributed by atoms with Crippen molar-refractivity contribution >= 4 is 12.1 Å². The van der Waals surface area contributed by atoms with Gasteiger partial charge in [0.2, 0.25) is 0 Å². The van der Waals surface area contributed by atoms with E-state index in [1.165, 1.54) is 25.7 Å². The number of nitrogens with zero attached hydrogens (tertiary/aromatic N) is 3. The van der Waals surface area contributed by atoms with E-state index in [1.807, 2.05) is 9.80 Å². The fraction of sp³-hybridized carbons (Fsp3) is 0.892. The third-order valence-electron chi connectivity index (χ3n) is 12.0. The topological polar surface area (TPSA) is 69.9 Å². The Morgan fingerprint density at radius 1 is 0.651 bits per heavy atom. The molecule has 4 aliphatic rings. The van der Waals surface area contributed by atoms with Crippen molar-refractivity contribution in [2.45, 2.75) is 145 Å². The maximum absolute atomic E-state index is 14.5. The highest BCUT2D eigenvalue weighted by Gasteiger charge is 2.50. The van der Waals surface area contributed by atoms with Crippen LogP contribution in [0.2, 0.25) is 0 Å². The van der Waals surface area contributed by atoms with E-state index in [-0.39, 0.29) is 33.8 Å². The first-order valence-electron chi connectivity index (χ1n) is 17.8. The van der Waals surface area contributed by atoms with Gasteiger partial charge in [0.15, 0.2) is 0 Å². The molecule has 9 atom stereocenters. The van der Waals surface area contributed by atoms with Crippen LogP contribution in [0.15, 0.2) is 12.4 Å². The Morgan fingerprint density at radius 3 is 1.47 bits per heavy atom. The van der Waals surface area contributed by atoms with E-state index in [0.29, 0.717) is 55.0 Å². The van der Waals surface area contributed by atoms with Crippen molar-refractivity contribution in [3.05, 3.63) is 12.4 Å². The average molecular weight is 599 g/mol. The molecule has 6 heteroatoms. The van der Waals surface area contributed by atoms with Crippen LogP contribution in [0.5, 0.6) is 0 Å². The molecule has 246 valence electrons. The molecule has 0 bridgehead atoms. The lowest BCUT2D eigenvalue weighted by Crippen LogP contribution is -2.64. The van der Waals surface area contributed by atoms with E-state index >= 15 is 0 Å². The number of imide groups is 1. The lowest BCUT2D eigenvalue weighted by atomic mass is 9.63. The standard InChI is InChI=1S/C37H66N4O2/c1-11-29-14-26(4)16-34(7,18-29)23-39-28(6)40(24-35(8)17-27(5)15-30(12-2)19-35)33(43)41(32(39)42)25-36(9)20-31(13-3)21-37(10,38)22-36/h26-27,29-31H,6,11-25,38H2,1-5,7-10H3. The van der Waals surface area contributed by atoms with Gasteiger partial charge in [0.05, 0.1) is 0 Å². The highest BCUT2D eigenvalue weighted by atomic mass is 16.2. The van der Waals surface area contributed by atoms with Crippen molar-refractivity contribution in [2.75, 3.05) is 19.6 Å². The number of urea groups is 2. The molecule has 1 aliphatic heterocycles. The summed E-state index contributed by atoms with van der Waals surface area (Å²) in [6.07, 6.45) is 13.2. The molecule has 0 radical (unpaired) electrons. The summed E-state index contributed by atoms with van der Waals surface area (Å²) in [6, 6.07) is -0.350. The number of nitrogens with two attached hydrogens (primary N) is 1. The Hall–Kier alpha value is -1.56. The maximum atomic E-state index is 14.5. The van der Waals surface area contributed by atoms with Gasteiger partial charge in [0, 0.05) is 25.2 Å². The Morgan fingerprint density at radius 2 is 1.05 bits per heavy atom. The Kier molecular flexibility index (Phi) is 10.1. The number of hydrogen-bond donors (Lipinski definition) is 1. The SMILES string of the molecule is C=C1N(CC2(C)CC(C)CC(CC)C2)C(=O)N(CC2(C)CC(CC)CC(C)(N)C2)C(=O)N1CC1(C)CC(C)CC(CC)C1. The molecule has 0 spiro atoms. The summed E-state index contributed by atoms with van der Waals surface area (Å²) in [4.78, 5) is 34.4. The van der Waals surface area contributed by atoms with E-state index in [9.17, 15) is 9.59 Å². The first-order chi connectivity index (χ1) is 19.9. The second-order valence-electron chi connectivity index (χ2n) is 17.7. The van der Waals surface area contributed by atoms with Crippen LogP contribution in [0.1, 0.15) is 139 Å². The minimum Gasteiger partial charge on any atom is -0.325 e. The summed E-state index contributed by atoms with van der Waals surface area (Å²) in [5, 5.41) is 0. The predicted molar refractivity (Wildman–Crippen MR) is 178 cm³/mol. The quantitative estimate of drug-likeness (QED) is 0.288. The van der Waals surface area contributed by atoms with Crippen molar-refractivity contribution in [1.82, 2.24) is 14.7 Å². The van der Waals surface area contributed by atoms with E-state index in [1.54, 1.807) is 4.90 Å². The van der Waals surface area contributed by atoms with Crippen molar-refractivity contribution in [3.63, 3.8) is 0 Å². The zero-order valence-corrected chi connectivity index (χ0v) is 29.4. The minimum atomic E-state index is -0.291. The van der Waals surface area contributed by atoms with Crippen LogP contribution in [0.4, 0.5) is 9.59 Å².